The number of rotatable bonds is 17. The Morgan fingerprint density at radius 2 is 0.962 bits per heavy atom. The number of hydrogen-bond acceptors (Lipinski definition) is 0. The molecule has 148 valence electrons. The van der Waals surface area contributed by atoms with Crippen molar-refractivity contribution in [1.29, 1.82) is 0 Å². The first-order valence-corrected chi connectivity index (χ1v) is 11.5. The van der Waals surface area contributed by atoms with Crippen LogP contribution in [0.3, 0.4) is 0 Å². The zero-order valence-electron chi connectivity index (χ0n) is 17.3. The van der Waals surface area contributed by atoms with Gasteiger partial charge in [0.1, 0.15) is 0 Å². The molecule has 1 fully saturated rings. The van der Waals surface area contributed by atoms with Crippen LogP contribution < -0.4 is 0 Å². The lowest BCUT2D eigenvalue weighted by Crippen LogP contribution is -1.92. The van der Waals surface area contributed by atoms with E-state index >= 15 is 0 Å². The fourth-order valence-electron chi connectivity index (χ4n) is 3.79. The topological polar surface area (TPSA) is 0 Å². The van der Waals surface area contributed by atoms with Gasteiger partial charge in [-0.1, -0.05) is 81.1 Å². The molecule has 0 heteroatoms. The normalized spacial score (nSPS) is 15.8. The molecule has 1 rings (SSSR count). The van der Waals surface area contributed by atoms with E-state index < -0.39 is 0 Å². The molecule has 0 nitrogen and oxygen atoms in total. The van der Waals surface area contributed by atoms with Gasteiger partial charge >= 0.3 is 0 Å². The lowest BCUT2D eigenvalue weighted by atomic mass is 10.00. The molecule has 0 bridgehead atoms. The molecule has 0 unspecified atom stereocenters. The zero-order valence-corrected chi connectivity index (χ0v) is 17.3. The fraction of sp³-hybridized carbons (Fsp3) is 0.692. The lowest BCUT2D eigenvalue weighted by molar-refractivity contribution is 0.475. The predicted octanol–water partition coefficient (Wildman–Crippen LogP) is 9.10. The molecule has 0 aromatic heterocycles. The summed E-state index contributed by atoms with van der Waals surface area (Å²) in [6, 6.07) is 0. The van der Waals surface area contributed by atoms with E-state index in [1.54, 1.807) is 0 Å². The third kappa shape index (κ3) is 15.2. The van der Waals surface area contributed by atoms with Crippen molar-refractivity contribution in [2.45, 2.75) is 109 Å². The Bertz CT molecular complexity index is 379. The van der Waals surface area contributed by atoms with E-state index in [-0.39, 0.29) is 0 Å². The van der Waals surface area contributed by atoms with Crippen LogP contribution in [0.25, 0.3) is 0 Å². The van der Waals surface area contributed by atoms with E-state index in [0.29, 0.717) is 0 Å². The first kappa shape index (κ1) is 23.0. The summed E-state index contributed by atoms with van der Waals surface area (Å²) in [6.45, 7) is 3.75. The molecular formula is C26H44. The standard InChI is InChI=1S/C26H44/c1-2-3-4-5-6-7-8-9-10-11-12-13-14-15-16-17-18-19-20-23-26-24-21-22-25-26/h2,6-7,11-12,16-17,26H,1,3-5,8-10,13-15,18-25H2/b7-6+,12-11+,17-16+. The molecule has 0 atom stereocenters. The van der Waals surface area contributed by atoms with Crippen LogP contribution in [0.2, 0.25) is 0 Å². The maximum Gasteiger partial charge on any atom is -0.0348 e. The minimum Gasteiger partial charge on any atom is -0.103 e. The molecule has 0 heterocycles. The Morgan fingerprint density at radius 3 is 1.42 bits per heavy atom. The predicted molar refractivity (Wildman–Crippen MR) is 120 cm³/mol. The van der Waals surface area contributed by atoms with Crippen molar-refractivity contribution < 1.29 is 0 Å². The van der Waals surface area contributed by atoms with Crippen LogP contribution >= 0.6 is 0 Å². The maximum atomic E-state index is 3.75. The highest BCUT2D eigenvalue weighted by Gasteiger charge is 2.13. The smallest absolute Gasteiger partial charge is 0.0348 e. The van der Waals surface area contributed by atoms with Crippen molar-refractivity contribution in [3.8, 4) is 0 Å². The largest absolute Gasteiger partial charge is 0.103 e. The highest BCUT2D eigenvalue weighted by atomic mass is 14.2. The van der Waals surface area contributed by atoms with Gasteiger partial charge in [-0.15, -0.1) is 6.58 Å². The maximum absolute atomic E-state index is 3.75. The van der Waals surface area contributed by atoms with E-state index in [2.05, 4.69) is 43.0 Å². The van der Waals surface area contributed by atoms with Crippen molar-refractivity contribution in [2.24, 2.45) is 5.92 Å². The molecule has 0 spiro atoms. The summed E-state index contributed by atoms with van der Waals surface area (Å²) in [7, 11) is 0. The van der Waals surface area contributed by atoms with Crippen LogP contribution in [0.15, 0.2) is 49.1 Å². The van der Waals surface area contributed by atoms with Gasteiger partial charge in [0, 0.05) is 0 Å². The Hall–Kier alpha value is -1.04. The third-order valence-corrected chi connectivity index (χ3v) is 5.47. The van der Waals surface area contributed by atoms with Crippen LogP contribution in [0.5, 0.6) is 0 Å². The van der Waals surface area contributed by atoms with Crippen molar-refractivity contribution >= 4 is 0 Å². The van der Waals surface area contributed by atoms with Gasteiger partial charge in [-0.2, -0.15) is 0 Å². The molecule has 1 aliphatic rings. The first-order valence-electron chi connectivity index (χ1n) is 11.5. The second-order valence-electron chi connectivity index (χ2n) is 7.93. The monoisotopic (exact) mass is 356 g/mol. The highest BCUT2D eigenvalue weighted by molar-refractivity contribution is 4.87. The number of hydrogen-bond donors (Lipinski definition) is 0. The van der Waals surface area contributed by atoms with Gasteiger partial charge in [0.15, 0.2) is 0 Å². The molecular weight excluding hydrogens is 312 g/mol. The minimum atomic E-state index is 1.07. The summed E-state index contributed by atoms with van der Waals surface area (Å²) in [6.07, 6.45) is 39.0. The summed E-state index contributed by atoms with van der Waals surface area (Å²) in [4.78, 5) is 0. The van der Waals surface area contributed by atoms with Gasteiger partial charge in [-0.3, -0.25) is 0 Å². The lowest BCUT2D eigenvalue weighted by Gasteiger charge is -2.06. The van der Waals surface area contributed by atoms with Gasteiger partial charge in [-0.05, 0) is 76.5 Å². The summed E-state index contributed by atoms with van der Waals surface area (Å²) in [5, 5.41) is 0. The average Bonchev–Trinajstić information content (AvgIpc) is 3.17. The van der Waals surface area contributed by atoms with Gasteiger partial charge in [-0.25, -0.2) is 0 Å². The Balaban J connectivity index is 1.77. The molecule has 0 amide bonds. The first-order chi connectivity index (χ1) is 12.9. The quantitative estimate of drug-likeness (QED) is 0.180. The molecule has 1 saturated carbocycles. The summed E-state index contributed by atoms with van der Waals surface area (Å²) >= 11 is 0. The van der Waals surface area contributed by atoms with E-state index in [1.807, 2.05) is 6.08 Å². The summed E-state index contributed by atoms with van der Waals surface area (Å²) in [5.74, 6) is 1.07. The summed E-state index contributed by atoms with van der Waals surface area (Å²) < 4.78 is 0. The van der Waals surface area contributed by atoms with Crippen LogP contribution in [0.1, 0.15) is 109 Å². The van der Waals surface area contributed by atoms with E-state index in [0.717, 1.165) is 12.3 Å². The van der Waals surface area contributed by atoms with E-state index in [4.69, 9.17) is 0 Å². The third-order valence-electron chi connectivity index (χ3n) is 5.47. The van der Waals surface area contributed by atoms with Gasteiger partial charge < -0.3 is 0 Å². The zero-order chi connectivity index (χ0) is 18.5. The van der Waals surface area contributed by atoms with E-state index in [1.165, 1.54) is 103 Å². The Morgan fingerprint density at radius 1 is 0.538 bits per heavy atom. The van der Waals surface area contributed by atoms with Crippen LogP contribution in [-0.4, -0.2) is 0 Å². The average molecular weight is 357 g/mol. The van der Waals surface area contributed by atoms with E-state index in [9.17, 15) is 0 Å². The Kier molecular flexibility index (Phi) is 16.6. The van der Waals surface area contributed by atoms with Crippen molar-refractivity contribution in [3.05, 3.63) is 49.1 Å². The SMILES string of the molecule is C=CCCC/C=C/CCC/C=C/CCC/C=C/CCCCC1CCCC1. The highest BCUT2D eigenvalue weighted by Crippen LogP contribution is 2.29. The second kappa shape index (κ2) is 18.7. The molecule has 0 aliphatic heterocycles. The van der Waals surface area contributed by atoms with Crippen molar-refractivity contribution in [3.63, 3.8) is 0 Å². The Labute approximate surface area is 164 Å². The molecule has 0 aromatic carbocycles. The molecule has 1 aliphatic carbocycles. The molecule has 0 radical (unpaired) electrons. The summed E-state index contributed by atoms with van der Waals surface area (Å²) in [5.41, 5.74) is 0. The second-order valence-corrected chi connectivity index (χ2v) is 7.93. The van der Waals surface area contributed by atoms with Crippen LogP contribution in [-0.2, 0) is 0 Å². The number of allylic oxidation sites excluding steroid dienone is 7. The van der Waals surface area contributed by atoms with Crippen LogP contribution in [0.4, 0.5) is 0 Å². The minimum absolute atomic E-state index is 1.07. The molecule has 0 N–H and O–H groups in total. The van der Waals surface area contributed by atoms with Crippen LogP contribution in [0, 0.1) is 5.92 Å². The molecule has 26 heavy (non-hydrogen) atoms. The molecule has 0 saturated heterocycles. The van der Waals surface area contributed by atoms with Gasteiger partial charge in [0.05, 0.1) is 0 Å². The molecule has 0 aromatic rings. The van der Waals surface area contributed by atoms with Gasteiger partial charge in [0.25, 0.3) is 0 Å². The fourth-order valence-corrected chi connectivity index (χ4v) is 3.79. The van der Waals surface area contributed by atoms with Crippen molar-refractivity contribution in [2.75, 3.05) is 0 Å². The number of unbranched alkanes of at least 4 members (excludes halogenated alkanes) is 8. The van der Waals surface area contributed by atoms with Crippen molar-refractivity contribution in [1.82, 2.24) is 0 Å². The van der Waals surface area contributed by atoms with Gasteiger partial charge in [0.2, 0.25) is 0 Å².